The highest BCUT2D eigenvalue weighted by Gasteiger charge is 2.35. The third-order valence-electron chi connectivity index (χ3n) is 11.9. The Labute approximate surface area is 337 Å². The van der Waals surface area contributed by atoms with Gasteiger partial charge < -0.3 is 4.57 Å². The zero-order chi connectivity index (χ0) is 38.8. The second kappa shape index (κ2) is 13.4. The van der Waals surface area contributed by atoms with E-state index in [0.29, 0.717) is 17.5 Å². The smallest absolute Gasteiger partial charge is 0.164 e. The number of nitrogens with zero attached hydrogens (tertiary/aromatic N) is 4. The normalized spacial score (nSPS) is 12.8. The van der Waals surface area contributed by atoms with Crippen LogP contribution in [0.25, 0.3) is 95.0 Å². The first-order chi connectivity index (χ1) is 28.5. The summed E-state index contributed by atoms with van der Waals surface area (Å²) in [6, 6.07) is 69.1. The van der Waals surface area contributed by atoms with E-state index in [0.717, 1.165) is 33.5 Å². The van der Waals surface area contributed by atoms with Crippen LogP contribution in [0.3, 0.4) is 0 Å². The van der Waals surface area contributed by atoms with Gasteiger partial charge in [0, 0.05) is 38.6 Å². The molecule has 0 atom stereocenters. The molecule has 1 aliphatic rings. The van der Waals surface area contributed by atoms with Crippen LogP contribution in [0.1, 0.15) is 25.0 Å². The van der Waals surface area contributed by atoms with Crippen molar-refractivity contribution in [3.8, 4) is 73.2 Å². The molecule has 0 saturated carbocycles. The standard InChI is InChI=1S/C54H38N4/c1-54(2)47-19-11-9-17-43(47)45-34-41(27-31-48(45)54)53-56-51(38-15-7-4-8-16-38)55-52(57-53)39-23-21-36(22-24-39)37-25-29-42(30-26-37)58-49-20-12-10-18-44(49)46-33-40(28-32-50(46)58)35-13-5-3-6-14-35/h3-34H,1-2H3. The van der Waals surface area contributed by atoms with Gasteiger partial charge in [0.05, 0.1) is 11.0 Å². The largest absolute Gasteiger partial charge is 0.309 e. The Morgan fingerprint density at radius 3 is 1.55 bits per heavy atom. The third-order valence-corrected chi connectivity index (χ3v) is 11.9. The van der Waals surface area contributed by atoms with Crippen LogP contribution >= 0.6 is 0 Å². The van der Waals surface area contributed by atoms with Gasteiger partial charge in [-0.05, 0) is 80.9 Å². The molecule has 0 bridgehead atoms. The van der Waals surface area contributed by atoms with Gasteiger partial charge in [-0.15, -0.1) is 0 Å². The van der Waals surface area contributed by atoms with E-state index in [4.69, 9.17) is 15.0 Å². The van der Waals surface area contributed by atoms with Crippen molar-refractivity contribution in [2.24, 2.45) is 0 Å². The molecule has 0 fully saturated rings. The van der Waals surface area contributed by atoms with Gasteiger partial charge in [0.1, 0.15) is 0 Å². The quantitative estimate of drug-likeness (QED) is 0.170. The maximum absolute atomic E-state index is 5.11. The van der Waals surface area contributed by atoms with Gasteiger partial charge in [-0.1, -0.05) is 172 Å². The van der Waals surface area contributed by atoms with Gasteiger partial charge in [0.2, 0.25) is 0 Å². The minimum absolute atomic E-state index is 0.0653. The molecule has 0 unspecified atom stereocenters. The fourth-order valence-corrected chi connectivity index (χ4v) is 8.89. The Balaban J connectivity index is 0.940. The van der Waals surface area contributed by atoms with Crippen molar-refractivity contribution in [2.45, 2.75) is 19.3 Å². The van der Waals surface area contributed by atoms with Crippen molar-refractivity contribution >= 4 is 21.8 Å². The molecule has 0 N–H and O–H groups in total. The second-order valence-electron chi connectivity index (χ2n) is 15.7. The first kappa shape index (κ1) is 33.9. The molecule has 58 heavy (non-hydrogen) atoms. The molecule has 0 radical (unpaired) electrons. The van der Waals surface area contributed by atoms with Crippen LogP contribution in [0.15, 0.2) is 194 Å². The third kappa shape index (κ3) is 5.56. The van der Waals surface area contributed by atoms with E-state index in [1.165, 1.54) is 55.2 Å². The maximum Gasteiger partial charge on any atom is 0.164 e. The van der Waals surface area contributed by atoms with Crippen molar-refractivity contribution in [3.05, 3.63) is 205 Å². The zero-order valence-electron chi connectivity index (χ0n) is 32.3. The van der Waals surface area contributed by atoms with Crippen LogP contribution in [0.5, 0.6) is 0 Å². The minimum atomic E-state index is -0.0653. The molecule has 8 aromatic carbocycles. The summed E-state index contributed by atoms with van der Waals surface area (Å²) in [6.45, 7) is 4.61. The summed E-state index contributed by atoms with van der Waals surface area (Å²) in [7, 11) is 0. The first-order valence-corrected chi connectivity index (χ1v) is 19.9. The summed E-state index contributed by atoms with van der Waals surface area (Å²) in [5, 5.41) is 2.50. The molecule has 0 spiro atoms. The number of fused-ring (bicyclic) bond motifs is 6. The zero-order valence-corrected chi connectivity index (χ0v) is 32.3. The number of aromatic nitrogens is 4. The fraction of sp³-hybridized carbons (Fsp3) is 0.0556. The summed E-state index contributed by atoms with van der Waals surface area (Å²) in [6.07, 6.45) is 0. The Morgan fingerprint density at radius 2 is 0.828 bits per heavy atom. The number of rotatable bonds is 6. The van der Waals surface area contributed by atoms with Crippen LogP contribution < -0.4 is 0 Å². The maximum atomic E-state index is 5.11. The molecule has 0 aliphatic heterocycles. The number of hydrogen-bond acceptors (Lipinski definition) is 3. The average molecular weight is 743 g/mol. The minimum Gasteiger partial charge on any atom is -0.309 e. The highest BCUT2D eigenvalue weighted by molar-refractivity contribution is 6.10. The Morgan fingerprint density at radius 1 is 0.345 bits per heavy atom. The van der Waals surface area contributed by atoms with Gasteiger partial charge in [-0.3, -0.25) is 0 Å². The predicted molar refractivity (Wildman–Crippen MR) is 239 cm³/mol. The van der Waals surface area contributed by atoms with Crippen molar-refractivity contribution in [3.63, 3.8) is 0 Å². The monoisotopic (exact) mass is 742 g/mol. The SMILES string of the molecule is CC1(C)c2ccccc2-c2cc(-c3nc(-c4ccccc4)nc(-c4ccc(-c5ccc(-n6c7ccccc7c7cc(-c8ccccc8)ccc76)cc5)cc4)n3)ccc21. The van der Waals surface area contributed by atoms with E-state index in [1.807, 2.05) is 18.2 Å². The van der Waals surface area contributed by atoms with E-state index in [1.54, 1.807) is 0 Å². The highest BCUT2D eigenvalue weighted by atomic mass is 15.0. The molecule has 11 rings (SSSR count). The van der Waals surface area contributed by atoms with Gasteiger partial charge in [0.25, 0.3) is 0 Å². The van der Waals surface area contributed by atoms with E-state index >= 15 is 0 Å². The fourth-order valence-electron chi connectivity index (χ4n) is 8.89. The Kier molecular flexibility index (Phi) is 7.80. The van der Waals surface area contributed by atoms with E-state index < -0.39 is 0 Å². The van der Waals surface area contributed by atoms with Crippen molar-refractivity contribution < 1.29 is 0 Å². The van der Waals surface area contributed by atoms with Gasteiger partial charge in [0.15, 0.2) is 17.5 Å². The van der Waals surface area contributed by atoms with Gasteiger partial charge in [-0.25, -0.2) is 15.0 Å². The first-order valence-electron chi connectivity index (χ1n) is 19.9. The summed E-state index contributed by atoms with van der Waals surface area (Å²) < 4.78 is 2.37. The summed E-state index contributed by atoms with van der Waals surface area (Å²) in [5.74, 6) is 1.96. The lowest BCUT2D eigenvalue weighted by molar-refractivity contribution is 0.660. The molecule has 4 heteroatoms. The van der Waals surface area contributed by atoms with E-state index in [9.17, 15) is 0 Å². The van der Waals surface area contributed by atoms with E-state index in [-0.39, 0.29) is 5.41 Å². The summed E-state index contributed by atoms with van der Waals surface area (Å²) in [5.41, 5.74) is 16.2. The van der Waals surface area contributed by atoms with Gasteiger partial charge in [-0.2, -0.15) is 0 Å². The molecule has 0 amide bonds. The molecular weight excluding hydrogens is 705 g/mol. The Bertz CT molecular complexity index is 3160. The summed E-state index contributed by atoms with van der Waals surface area (Å²) >= 11 is 0. The lowest BCUT2D eigenvalue weighted by atomic mass is 9.82. The highest BCUT2D eigenvalue weighted by Crippen LogP contribution is 2.49. The molecule has 10 aromatic rings. The molecule has 2 heterocycles. The van der Waals surface area contributed by atoms with Crippen LogP contribution in [-0.2, 0) is 5.41 Å². The molecule has 1 aliphatic carbocycles. The topological polar surface area (TPSA) is 43.6 Å². The van der Waals surface area contributed by atoms with E-state index in [2.05, 4.69) is 194 Å². The summed E-state index contributed by atoms with van der Waals surface area (Å²) in [4.78, 5) is 15.2. The van der Waals surface area contributed by atoms with Crippen LogP contribution in [0.4, 0.5) is 0 Å². The van der Waals surface area contributed by atoms with Crippen LogP contribution in [-0.4, -0.2) is 19.5 Å². The van der Waals surface area contributed by atoms with Gasteiger partial charge >= 0.3 is 0 Å². The molecular formula is C54H38N4. The number of hydrogen-bond donors (Lipinski definition) is 0. The predicted octanol–water partition coefficient (Wildman–Crippen LogP) is 13.6. The molecule has 4 nitrogen and oxygen atoms in total. The van der Waals surface area contributed by atoms with Crippen molar-refractivity contribution in [2.75, 3.05) is 0 Å². The molecule has 2 aromatic heterocycles. The molecule has 274 valence electrons. The Hall–Kier alpha value is -7.43. The van der Waals surface area contributed by atoms with Crippen LogP contribution in [0.2, 0.25) is 0 Å². The second-order valence-corrected chi connectivity index (χ2v) is 15.7. The van der Waals surface area contributed by atoms with Crippen molar-refractivity contribution in [1.82, 2.24) is 19.5 Å². The lowest BCUT2D eigenvalue weighted by Crippen LogP contribution is -2.14. The molecule has 0 saturated heterocycles. The number of para-hydroxylation sites is 1. The van der Waals surface area contributed by atoms with Crippen LogP contribution in [0, 0.1) is 0 Å². The van der Waals surface area contributed by atoms with Crippen molar-refractivity contribution in [1.29, 1.82) is 0 Å². The lowest BCUT2D eigenvalue weighted by Gasteiger charge is -2.21. The average Bonchev–Trinajstić information content (AvgIpc) is 3.74. The number of benzene rings is 8.